The molecule has 2 heterocycles. The van der Waals surface area contributed by atoms with E-state index in [1.807, 2.05) is 18.3 Å². The topological polar surface area (TPSA) is 174 Å². The fraction of sp³-hybridized carbons (Fsp3) is 0.571. The third-order valence-electron chi connectivity index (χ3n) is 12.3. The maximum atomic E-state index is 17.7. The predicted molar refractivity (Wildman–Crippen MR) is 173 cm³/mol. The minimum atomic E-state index is -5.08. The van der Waals surface area contributed by atoms with Crippen LogP contribution in [0, 0.1) is 22.7 Å². The van der Waals surface area contributed by atoms with Gasteiger partial charge < -0.3 is 39.8 Å². The number of carbonyl (C=O) groups excluding carboxylic acids is 1. The number of hydrogen-bond donors (Lipinski definition) is 5. The van der Waals surface area contributed by atoms with Crippen LogP contribution in [-0.4, -0.2) is 66.6 Å². The standard InChI is InChI=1S/C35H43F2N2O9P/c1-32-9-5-4-6-22(32)25(36)13-24-23-14-30-35(29(42)18-46-49(43,44)45,33(23,2)15-28(41)34(24,32)37)48-31(47-30)27-12-20(16-39(27)3)10-19-7-8-21(17-40)26(38)11-19/h5-9,11-12,16,23-25,28,30-31,40-41H,4,10,13-15,17-18,38H2,1-3H3,(H2,43,44,45)/t23-,24-,25-,28-,30+,31+,32-,33-,34-,35+/m0/s1. The number of ketones is 1. The molecule has 266 valence electrons. The first kappa shape index (κ1) is 34.7. The van der Waals surface area contributed by atoms with E-state index in [0.29, 0.717) is 35.4 Å². The van der Waals surface area contributed by atoms with Crippen LogP contribution in [0.3, 0.4) is 0 Å². The van der Waals surface area contributed by atoms with Crippen LogP contribution >= 0.6 is 7.82 Å². The van der Waals surface area contributed by atoms with Crippen LogP contribution in [-0.2, 0) is 43.4 Å². The number of rotatable bonds is 8. The molecule has 0 radical (unpaired) electrons. The van der Waals surface area contributed by atoms with Crippen molar-refractivity contribution < 1.29 is 52.1 Å². The SMILES string of the molecule is Cn1cc(Cc2ccc(CO)c(N)c2)cc1[C@@H]1O[C@@H]2C[C@H]3[C@@H]4C[C@H](F)C5=CCC=C[C@]5(C)[C@@]4(F)[C@@H](O)C[C@]3(C)[C@]2(C(=O)COP(=O)(O)O)O1. The number of aromatic nitrogens is 1. The van der Waals surface area contributed by atoms with E-state index in [0.717, 1.165) is 11.1 Å². The monoisotopic (exact) mass is 704 g/mol. The molecule has 5 aliphatic rings. The molecule has 0 amide bonds. The number of aliphatic hydroxyl groups excluding tert-OH is 2. The fourth-order valence-electron chi connectivity index (χ4n) is 10.1. The van der Waals surface area contributed by atoms with Crippen LogP contribution in [0.4, 0.5) is 14.5 Å². The molecule has 11 nitrogen and oxygen atoms in total. The second kappa shape index (κ2) is 11.6. The molecule has 1 aromatic heterocycles. The van der Waals surface area contributed by atoms with E-state index in [-0.39, 0.29) is 25.9 Å². The quantitative estimate of drug-likeness (QED) is 0.152. The molecule has 0 unspecified atom stereocenters. The number of alkyl halides is 2. The molecule has 14 heteroatoms. The van der Waals surface area contributed by atoms with Crippen molar-refractivity contribution in [3.05, 3.63) is 76.6 Å². The van der Waals surface area contributed by atoms with E-state index in [2.05, 4.69) is 4.52 Å². The normalized spacial score (nSPS) is 39.6. The molecule has 0 bridgehead atoms. The number of ether oxygens (including phenoxy) is 2. The highest BCUT2D eigenvalue weighted by atomic mass is 31.2. The maximum Gasteiger partial charge on any atom is 0.470 e. The summed E-state index contributed by atoms with van der Waals surface area (Å²) in [7, 11) is -3.29. The van der Waals surface area contributed by atoms with Crippen molar-refractivity contribution in [2.24, 2.45) is 29.7 Å². The number of nitrogens with two attached hydrogens (primary N) is 1. The molecule has 1 saturated heterocycles. The van der Waals surface area contributed by atoms with Gasteiger partial charge >= 0.3 is 7.82 Å². The van der Waals surface area contributed by atoms with Gasteiger partial charge in [0, 0.05) is 41.2 Å². The number of nitrogens with zero attached hydrogens (tertiary/aromatic N) is 1. The summed E-state index contributed by atoms with van der Waals surface area (Å²) < 4.78 is 65.0. The number of nitrogen functional groups attached to an aromatic ring is 1. The Hall–Kier alpha value is -2.74. The number of hydrogen-bond acceptors (Lipinski definition) is 8. The largest absolute Gasteiger partial charge is 0.470 e. The summed E-state index contributed by atoms with van der Waals surface area (Å²) in [5.74, 6) is -2.51. The lowest BCUT2D eigenvalue weighted by molar-refractivity contribution is -0.235. The highest BCUT2D eigenvalue weighted by Crippen LogP contribution is 2.72. The van der Waals surface area contributed by atoms with Gasteiger partial charge in [0.1, 0.15) is 12.8 Å². The van der Waals surface area contributed by atoms with E-state index in [1.165, 1.54) is 0 Å². The highest BCUT2D eigenvalue weighted by molar-refractivity contribution is 7.46. The zero-order valence-electron chi connectivity index (χ0n) is 27.6. The minimum absolute atomic E-state index is 0.0943. The van der Waals surface area contributed by atoms with Crippen LogP contribution in [0.1, 0.15) is 68.2 Å². The highest BCUT2D eigenvalue weighted by Gasteiger charge is 2.80. The molecule has 2 aromatic rings. The van der Waals surface area contributed by atoms with Crippen LogP contribution < -0.4 is 5.73 Å². The van der Waals surface area contributed by atoms with Crippen LogP contribution in [0.2, 0.25) is 0 Å². The van der Waals surface area contributed by atoms with Gasteiger partial charge in [-0.1, -0.05) is 37.3 Å². The Morgan fingerprint density at radius 1 is 1.18 bits per heavy atom. The van der Waals surface area contributed by atoms with Crippen molar-refractivity contribution in [1.29, 1.82) is 0 Å². The lowest BCUT2D eigenvalue weighted by Crippen LogP contribution is -2.70. The van der Waals surface area contributed by atoms with Gasteiger partial charge in [-0.2, -0.15) is 0 Å². The molecule has 7 rings (SSSR count). The molecule has 1 aliphatic heterocycles. The first-order valence-electron chi connectivity index (χ1n) is 16.6. The summed E-state index contributed by atoms with van der Waals surface area (Å²) in [6, 6.07) is 7.27. The van der Waals surface area contributed by atoms with Crippen molar-refractivity contribution in [3.8, 4) is 0 Å². The van der Waals surface area contributed by atoms with E-state index in [9.17, 15) is 29.4 Å². The van der Waals surface area contributed by atoms with Crippen molar-refractivity contribution in [2.75, 3.05) is 12.3 Å². The molecule has 1 aromatic carbocycles. The number of anilines is 1. The van der Waals surface area contributed by atoms with E-state index in [1.54, 1.807) is 55.8 Å². The molecule has 10 atom stereocenters. The number of fused-ring (bicyclic) bond motifs is 7. The Morgan fingerprint density at radius 2 is 1.94 bits per heavy atom. The lowest BCUT2D eigenvalue weighted by atomic mass is 9.44. The lowest BCUT2D eigenvalue weighted by Gasteiger charge is -2.63. The van der Waals surface area contributed by atoms with Crippen molar-refractivity contribution >= 4 is 19.3 Å². The smallest absolute Gasteiger partial charge is 0.398 e. The zero-order chi connectivity index (χ0) is 35.3. The number of allylic oxidation sites excluding steroid dienone is 4. The Balaban J connectivity index is 1.25. The van der Waals surface area contributed by atoms with Gasteiger partial charge in [0.2, 0.25) is 6.29 Å². The van der Waals surface area contributed by atoms with Gasteiger partial charge in [-0.05, 0) is 73.8 Å². The summed E-state index contributed by atoms with van der Waals surface area (Å²) in [6.45, 7) is 2.14. The maximum absolute atomic E-state index is 17.7. The second-order valence-corrected chi connectivity index (χ2v) is 16.0. The number of benzene rings is 1. The molecule has 6 N–H and O–H groups in total. The number of Topliss-reactive ketones (excluding diaryl/α,β-unsaturated/α-hetero) is 1. The average molecular weight is 705 g/mol. The van der Waals surface area contributed by atoms with Gasteiger partial charge in [-0.15, -0.1) is 0 Å². The van der Waals surface area contributed by atoms with Gasteiger partial charge in [0.05, 0.1) is 24.5 Å². The summed E-state index contributed by atoms with van der Waals surface area (Å²) in [5.41, 5.74) is 2.93. The van der Waals surface area contributed by atoms with E-state index < -0.39 is 78.8 Å². The summed E-state index contributed by atoms with van der Waals surface area (Å²) >= 11 is 0. The van der Waals surface area contributed by atoms with Crippen molar-refractivity contribution in [1.82, 2.24) is 4.57 Å². The first-order chi connectivity index (χ1) is 23.0. The molecule has 49 heavy (non-hydrogen) atoms. The van der Waals surface area contributed by atoms with Crippen molar-refractivity contribution in [2.45, 2.75) is 88.5 Å². The number of carbonyl (C=O) groups is 1. The van der Waals surface area contributed by atoms with Crippen LogP contribution in [0.5, 0.6) is 0 Å². The Kier molecular flexibility index (Phi) is 8.25. The third kappa shape index (κ3) is 4.99. The van der Waals surface area contributed by atoms with Crippen molar-refractivity contribution in [3.63, 3.8) is 0 Å². The minimum Gasteiger partial charge on any atom is -0.398 e. The zero-order valence-corrected chi connectivity index (χ0v) is 28.5. The molecule has 4 fully saturated rings. The van der Waals surface area contributed by atoms with Gasteiger partial charge in [-0.3, -0.25) is 9.32 Å². The Bertz CT molecular complexity index is 1790. The molecular formula is C35H43F2N2O9P. The van der Waals surface area contributed by atoms with Crippen LogP contribution in [0.25, 0.3) is 0 Å². The van der Waals surface area contributed by atoms with Gasteiger partial charge in [0.25, 0.3) is 0 Å². The Labute approximate surface area is 283 Å². The number of phosphoric acid groups is 1. The molecule has 4 aliphatic carbocycles. The average Bonchev–Trinajstić information content (AvgIpc) is 3.66. The molecular weight excluding hydrogens is 661 g/mol. The van der Waals surface area contributed by atoms with Crippen LogP contribution in [0.15, 0.2) is 54.3 Å². The van der Waals surface area contributed by atoms with E-state index >= 15 is 8.78 Å². The number of aliphatic hydroxyl groups is 2. The number of halogens is 2. The summed E-state index contributed by atoms with van der Waals surface area (Å²) in [5, 5.41) is 21.3. The van der Waals surface area contributed by atoms with E-state index in [4.69, 9.17) is 15.2 Å². The second-order valence-electron chi connectivity index (χ2n) is 14.8. The molecule has 3 saturated carbocycles. The predicted octanol–water partition coefficient (Wildman–Crippen LogP) is 4.27. The number of aryl methyl sites for hydroxylation is 1. The first-order valence-corrected chi connectivity index (χ1v) is 18.1. The third-order valence-corrected chi connectivity index (χ3v) is 12.8. The van der Waals surface area contributed by atoms with Gasteiger partial charge in [0.15, 0.2) is 17.1 Å². The molecule has 0 spiro atoms. The summed E-state index contributed by atoms with van der Waals surface area (Å²) in [4.78, 5) is 33.2. The Morgan fingerprint density at radius 3 is 2.63 bits per heavy atom. The van der Waals surface area contributed by atoms with Gasteiger partial charge in [-0.25, -0.2) is 13.3 Å². The summed E-state index contributed by atoms with van der Waals surface area (Å²) in [6.07, 6.45) is 2.41. The number of phosphoric ester groups is 1. The fourth-order valence-corrected chi connectivity index (χ4v) is 10.4.